The van der Waals surface area contributed by atoms with Gasteiger partial charge in [0, 0.05) is 6.61 Å². The monoisotopic (exact) mass is 222 g/mol. The van der Waals surface area contributed by atoms with Crippen molar-refractivity contribution in [1.82, 2.24) is 0 Å². The van der Waals surface area contributed by atoms with Crippen molar-refractivity contribution in [3.8, 4) is 0 Å². The first-order valence-corrected chi connectivity index (χ1v) is 5.51. The van der Waals surface area contributed by atoms with E-state index in [0.29, 0.717) is 6.61 Å². The minimum Gasteiger partial charge on any atom is -0.370 e. The molecule has 0 aliphatic carbocycles. The van der Waals surface area contributed by atoms with Crippen LogP contribution in [-0.2, 0) is 4.74 Å². The Balaban J connectivity index is 2.29. The van der Waals surface area contributed by atoms with Crippen LogP contribution in [0, 0.1) is 18.7 Å². The maximum atomic E-state index is 13.5. The number of hydrogen-bond acceptors (Lipinski definition) is 2. The summed E-state index contributed by atoms with van der Waals surface area (Å²) in [6.45, 7) is 4.39. The molecule has 1 aromatic carbocycles. The molecule has 86 valence electrons. The third kappa shape index (κ3) is 2.00. The van der Waals surface area contributed by atoms with E-state index in [4.69, 9.17) is 4.74 Å². The van der Waals surface area contributed by atoms with E-state index in [1.807, 2.05) is 13.8 Å². The second-order valence-electron chi connectivity index (χ2n) is 4.40. The van der Waals surface area contributed by atoms with Crippen LogP contribution in [0.25, 0.3) is 0 Å². The molecule has 2 rings (SSSR count). The molecular weight excluding hydrogens is 207 g/mol. The van der Waals surface area contributed by atoms with E-state index in [1.165, 1.54) is 6.07 Å². The van der Waals surface area contributed by atoms with Gasteiger partial charge in [0.05, 0.1) is 5.56 Å². The van der Waals surface area contributed by atoms with Gasteiger partial charge in [-0.2, -0.15) is 0 Å². The normalized spacial score (nSPS) is 24.7. The Morgan fingerprint density at radius 1 is 1.50 bits per heavy atom. The zero-order chi connectivity index (χ0) is 11.7. The third-order valence-corrected chi connectivity index (χ3v) is 3.03. The van der Waals surface area contributed by atoms with Gasteiger partial charge in [-0.05, 0) is 31.4 Å². The molecule has 1 saturated heterocycles. The predicted molar refractivity (Wildman–Crippen MR) is 59.0 cm³/mol. The van der Waals surface area contributed by atoms with Crippen molar-refractivity contribution in [1.29, 1.82) is 0 Å². The lowest BCUT2D eigenvalue weighted by atomic mass is 9.95. The highest BCUT2D eigenvalue weighted by molar-refractivity contribution is 6.00. The summed E-state index contributed by atoms with van der Waals surface area (Å²) in [5.41, 5.74) is 1.04. The van der Waals surface area contributed by atoms with Crippen LogP contribution in [-0.4, -0.2) is 18.5 Å². The van der Waals surface area contributed by atoms with Crippen LogP contribution in [0.4, 0.5) is 4.39 Å². The molecule has 0 N–H and O–H groups in total. The number of aryl methyl sites for hydroxylation is 1. The number of hydrogen-bond donors (Lipinski definition) is 0. The van der Waals surface area contributed by atoms with Crippen molar-refractivity contribution in [2.24, 2.45) is 5.92 Å². The Morgan fingerprint density at radius 2 is 2.25 bits per heavy atom. The van der Waals surface area contributed by atoms with Crippen molar-refractivity contribution in [2.75, 3.05) is 6.61 Å². The van der Waals surface area contributed by atoms with Gasteiger partial charge >= 0.3 is 0 Å². The number of Topliss-reactive ketones (excluding diaryl/α,β-unsaturated/α-hetero) is 1. The van der Waals surface area contributed by atoms with Crippen LogP contribution in [0.3, 0.4) is 0 Å². The number of carbonyl (C=O) groups excluding carboxylic acids is 1. The Bertz CT molecular complexity index is 414. The molecule has 0 aromatic heterocycles. The summed E-state index contributed by atoms with van der Waals surface area (Å²) in [5, 5.41) is 0. The molecule has 1 aliphatic heterocycles. The summed E-state index contributed by atoms with van der Waals surface area (Å²) in [5.74, 6) is -0.517. The minimum absolute atomic E-state index is 0.152. The van der Waals surface area contributed by atoms with Gasteiger partial charge in [0.1, 0.15) is 11.9 Å². The fourth-order valence-electron chi connectivity index (χ4n) is 2.01. The highest BCUT2D eigenvalue weighted by atomic mass is 19.1. The predicted octanol–water partition coefficient (Wildman–Crippen LogP) is 2.74. The average molecular weight is 222 g/mol. The Morgan fingerprint density at radius 3 is 2.88 bits per heavy atom. The number of ketones is 1. The Hall–Kier alpha value is -1.22. The Kier molecular flexibility index (Phi) is 3.06. The summed E-state index contributed by atoms with van der Waals surface area (Å²) < 4.78 is 18.9. The molecule has 1 heterocycles. The average Bonchev–Trinajstić information content (AvgIpc) is 2.67. The second kappa shape index (κ2) is 4.34. The Labute approximate surface area is 94.4 Å². The van der Waals surface area contributed by atoms with E-state index >= 15 is 0 Å². The van der Waals surface area contributed by atoms with Crippen LogP contribution in [0.2, 0.25) is 0 Å². The third-order valence-electron chi connectivity index (χ3n) is 3.03. The summed E-state index contributed by atoms with van der Waals surface area (Å²) >= 11 is 0. The lowest BCUT2D eigenvalue weighted by Crippen LogP contribution is -2.26. The quantitative estimate of drug-likeness (QED) is 0.719. The molecule has 2 nitrogen and oxygen atoms in total. The van der Waals surface area contributed by atoms with Crippen molar-refractivity contribution >= 4 is 5.78 Å². The lowest BCUT2D eigenvalue weighted by Gasteiger charge is -2.13. The van der Waals surface area contributed by atoms with E-state index in [1.54, 1.807) is 12.1 Å². The van der Waals surface area contributed by atoms with Gasteiger partial charge in [-0.25, -0.2) is 4.39 Å². The number of ether oxygens (including phenoxy) is 1. The maximum absolute atomic E-state index is 13.5. The first kappa shape index (κ1) is 11.3. The van der Waals surface area contributed by atoms with E-state index in [-0.39, 0.29) is 17.3 Å². The van der Waals surface area contributed by atoms with Crippen LogP contribution in [0.15, 0.2) is 18.2 Å². The first-order valence-electron chi connectivity index (χ1n) is 5.51. The fourth-order valence-corrected chi connectivity index (χ4v) is 2.01. The highest BCUT2D eigenvalue weighted by Gasteiger charge is 2.32. The highest BCUT2D eigenvalue weighted by Crippen LogP contribution is 2.24. The van der Waals surface area contributed by atoms with Crippen molar-refractivity contribution in [3.63, 3.8) is 0 Å². The lowest BCUT2D eigenvalue weighted by molar-refractivity contribution is 0.0575. The van der Waals surface area contributed by atoms with Crippen molar-refractivity contribution in [3.05, 3.63) is 35.1 Å². The molecule has 1 fully saturated rings. The van der Waals surface area contributed by atoms with Gasteiger partial charge in [0.2, 0.25) is 0 Å². The van der Waals surface area contributed by atoms with E-state index < -0.39 is 11.9 Å². The van der Waals surface area contributed by atoms with Gasteiger partial charge in [0.25, 0.3) is 0 Å². The van der Waals surface area contributed by atoms with Crippen LogP contribution >= 0.6 is 0 Å². The van der Waals surface area contributed by atoms with E-state index in [9.17, 15) is 9.18 Å². The maximum Gasteiger partial charge on any atom is 0.194 e. The summed E-state index contributed by atoms with van der Waals surface area (Å²) in [6, 6.07) is 4.58. The van der Waals surface area contributed by atoms with Crippen molar-refractivity contribution < 1.29 is 13.9 Å². The van der Waals surface area contributed by atoms with Gasteiger partial charge < -0.3 is 4.74 Å². The molecule has 0 radical (unpaired) electrons. The standard InChI is InChI=1S/C13H15FO2/c1-8-3-4-11(14)10(7-8)12(15)13-9(2)5-6-16-13/h3-4,7,9,13H,5-6H2,1-2H3. The molecule has 2 unspecified atom stereocenters. The molecule has 1 aliphatic rings. The molecule has 0 bridgehead atoms. The molecule has 16 heavy (non-hydrogen) atoms. The smallest absolute Gasteiger partial charge is 0.194 e. The van der Waals surface area contributed by atoms with Gasteiger partial charge in [-0.15, -0.1) is 0 Å². The molecule has 0 saturated carbocycles. The second-order valence-corrected chi connectivity index (χ2v) is 4.40. The number of halogens is 1. The molecule has 1 aromatic rings. The summed E-state index contributed by atoms with van der Waals surface area (Å²) in [6.07, 6.45) is 0.389. The first-order chi connectivity index (χ1) is 7.59. The van der Waals surface area contributed by atoms with Gasteiger partial charge in [-0.1, -0.05) is 18.6 Å². The van der Waals surface area contributed by atoms with Gasteiger partial charge in [0.15, 0.2) is 5.78 Å². The minimum atomic E-state index is -0.476. The zero-order valence-electron chi connectivity index (χ0n) is 9.50. The van der Waals surface area contributed by atoms with Crippen LogP contribution in [0.1, 0.15) is 29.3 Å². The van der Waals surface area contributed by atoms with Gasteiger partial charge in [-0.3, -0.25) is 4.79 Å². The number of benzene rings is 1. The molecule has 0 amide bonds. The molecule has 0 spiro atoms. The van der Waals surface area contributed by atoms with Crippen LogP contribution < -0.4 is 0 Å². The topological polar surface area (TPSA) is 26.3 Å². The number of carbonyl (C=O) groups is 1. The summed E-state index contributed by atoms with van der Waals surface area (Å²) in [4.78, 5) is 12.1. The molecule has 3 heteroatoms. The molecule has 2 atom stereocenters. The molecular formula is C13H15FO2. The largest absolute Gasteiger partial charge is 0.370 e. The zero-order valence-corrected chi connectivity index (χ0v) is 9.50. The SMILES string of the molecule is Cc1ccc(F)c(C(=O)C2OCCC2C)c1. The van der Waals surface area contributed by atoms with Crippen molar-refractivity contribution in [2.45, 2.75) is 26.4 Å². The summed E-state index contributed by atoms with van der Waals surface area (Å²) in [7, 11) is 0. The fraction of sp³-hybridized carbons (Fsp3) is 0.462. The van der Waals surface area contributed by atoms with E-state index in [0.717, 1.165) is 12.0 Å². The number of rotatable bonds is 2. The van der Waals surface area contributed by atoms with Crippen LogP contribution in [0.5, 0.6) is 0 Å². The van der Waals surface area contributed by atoms with E-state index in [2.05, 4.69) is 0 Å².